The zero-order valence-corrected chi connectivity index (χ0v) is 14.6. The molecular formula is C17H25ClN2O3. The van der Waals surface area contributed by atoms with Crippen LogP contribution in [0.4, 0.5) is 5.69 Å². The summed E-state index contributed by atoms with van der Waals surface area (Å²) in [5.41, 5.74) is -0.106. The van der Waals surface area contributed by atoms with Crippen LogP contribution in [0, 0.1) is 10.1 Å². The van der Waals surface area contributed by atoms with Crippen molar-refractivity contribution in [3.63, 3.8) is 0 Å². The highest BCUT2D eigenvalue weighted by Gasteiger charge is 2.24. The second-order valence-corrected chi connectivity index (χ2v) is 6.06. The lowest BCUT2D eigenvalue weighted by atomic mass is 10.1. The Morgan fingerprint density at radius 3 is 2.17 bits per heavy atom. The van der Waals surface area contributed by atoms with Gasteiger partial charge in [0, 0.05) is 24.2 Å². The lowest BCUT2D eigenvalue weighted by Crippen LogP contribution is -2.33. The van der Waals surface area contributed by atoms with E-state index in [-0.39, 0.29) is 17.2 Å². The SMILES string of the molecule is CCCCCN(CCCCC)C(=O)c1cc(Cl)ccc1[N+](=O)[O-]. The molecule has 0 unspecified atom stereocenters. The van der Waals surface area contributed by atoms with Crippen LogP contribution in [0.25, 0.3) is 0 Å². The molecule has 1 rings (SSSR count). The van der Waals surface area contributed by atoms with Crippen LogP contribution >= 0.6 is 11.6 Å². The standard InChI is InChI=1S/C17H25ClN2O3/c1-3-5-7-11-19(12-8-6-4-2)17(21)15-13-14(18)9-10-16(15)20(22)23/h9-10,13H,3-8,11-12H2,1-2H3. The molecule has 0 aliphatic rings. The average Bonchev–Trinajstić information content (AvgIpc) is 2.52. The zero-order valence-electron chi connectivity index (χ0n) is 13.9. The lowest BCUT2D eigenvalue weighted by Gasteiger charge is -2.23. The molecule has 5 nitrogen and oxygen atoms in total. The number of nitro groups is 1. The fourth-order valence-corrected chi connectivity index (χ4v) is 2.60. The van der Waals surface area contributed by atoms with Crippen molar-refractivity contribution in [2.24, 2.45) is 0 Å². The second-order valence-electron chi connectivity index (χ2n) is 5.62. The minimum absolute atomic E-state index is 0.0792. The second kappa shape index (κ2) is 10.2. The zero-order chi connectivity index (χ0) is 17.2. The minimum atomic E-state index is -0.528. The van der Waals surface area contributed by atoms with Gasteiger partial charge < -0.3 is 4.90 Å². The van der Waals surface area contributed by atoms with Crippen LogP contribution in [-0.2, 0) is 0 Å². The van der Waals surface area contributed by atoms with E-state index in [1.807, 2.05) is 0 Å². The number of nitrogens with zero attached hydrogens (tertiary/aromatic N) is 2. The van der Waals surface area contributed by atoms with Gasteiger partial charge in [-0.15, -0.1) is 0 Å². The van der Waals surface area contributed by atoms with E-state index in [1.54, 1.807) is 4.90 Å². The molecule has 6 heteroatoms. The summed E-state index contributed by atoms with van der Waals surface area (Å²) in [7, 11) is 0. The third kappa shape index (κ3) is 6.18. The smallest absolute Gasteiger partial charge is 0.282 e. The van der Waals surface area contributed by atoms with E-state index in [1.165, 1.54) is 18.2 Å². The summed E-state index contributed by atoms with van der Waals surface area (Å²) in [5.74, 6) is -0.300. The topological polar surface area (TPSA) is 63.5 Å². The fourth-order valence-electron chi connectivity index (χ4n) is 2.43. The summed E-state index contributed by atoms with van der Waals surface area (Å²) < 4.78 is 0. The summed E-state index contributed by atoms with van der Waals surface area (Å²) in [6, 6.07) is 4.13. The van der Waals surface area contributed by atoms with Crippen molar-refractivity contribution in [3.8, 4) is 0 Å². The molecule has 23 heavy (non-hydrogen) atoms. The molecule has 0 atom stereocenters. The van der Waals surface area contributed by atoms with E-state index in [9.17, 15) is 14.9 Å². The predicted octanol–water partition coefficient (Wildman–Crippen LogP) is 5.07. The molecule has 1 amide bonds. The molecule has 0 radical (unpaired) electrons. The van der Waals surface area contributed by atoms with Crippen molar-refractivity contribution in [2.75, 3.05) is 13.1 Å². The number of nitro benzene ring substituents is 1. The van der Waals surface area contributed by atoms with Gasteiger partial charge in [-0.1, -0.05) is 51.1 Å². The predicted molar refractivity (Wildman–Crippen MR) is 93.1 cm³/mol. The Morgan fingerprint density at radius 1 is 1.13 bits per heavy atom. The number of hydrogen-bond donors (Lipinski definition) is 0. The number of hydrogen-bond acceptors (Lipinski definition) is 3. The molecule has 1 aromatic carbocycles. The van der Waals surface area contributed by atoms with Gasteiger partial charge in [-0.25, -0.2) is 0 Å². The molecule has 0 N–H and O–H groups in total. The average molecular weight is 341 g/mol. The highest BCUT2D eigenvalue weighted by molar-refractivity contribution is 6.31. The van der Waals surface area contributed by atoms with Crippen LogP contribution in [-0.4, -0.2) is 28.8 Å². The molecule has 0 bridgehead atoms. The van der Waals surface area contributed by atoms with E-state index < -0.39 is 4.92 Å². The maximum atomic E-state index is 12.8. The van der Waals surface area contributed by atoms with Crippen LogP contribution in [0.5, 0.6) is 0 Å². The van der Waals surface area contributed by atoms with Crippen molar-refractivity contribution in [2.45, 2.75) is 52.4 Å². The van der Waals surface area contributed by atoms with Crippen molar-refractivity contribution in [3.05, 3.63) is 38.9 Å². The van der Waals surface area contributed by atoms with E-state index in [2.05, 4.69) is 13.8 Å². The Bertz CT molecular complexity index is 525. The molecule has 0 heterocycles. The van der Waals surface area contributed by atoms with Gasteiger partial charge in [-0.05, 0) is 25.0 Å². The van der Waals surface area contributed by atoms with Gasteiger partial charge in [0.25, 0.3) is 11.6 Å². The molecule has 0 saturated carbocycles. The number of carbonyl (C=O) groups is 1. The van der Waals surface area contributed by atoms with Gasteiger partial charge >= 0.3 is 0 Å². The Balaban J connectivity index is 2.97. The number of carbonyl (C=O) groups excluding carboxylic acids is 1. The summed E-state index contributed by atoms with van der Waals surface area (Å²) in [5, 5.41) is 11.5. The normalized spacial score (nSPS) is 10.6. The van der Waals surface area contributed by atoms with Gasteiger partial charge in [0.1, 0.15) is 5.56 Å². The van der Waals surface area contributed by atoms with Gasteiger partial charge in [-0.2, -0.15) is 0 Å². The van der Waals surface area contributed by atoms with E-state index >= 15 is 0 Å². The molecule has 0 fully saturated rings. The van der Waals surface area contributed by atoms with Crippen LogP contribution < -0.4 is 0 Å². The Morgan fingerprint density at radius 2 is 1.70 bits per heavy atom. The van der Waals surface area contributed by atoms with Crippen molar-refractivity contribution in [1.29, 1.82) is 0 Å². The lowest BCUT2D eigenvalue weighted by molar-refractivity contribution is -0.385. The summed E-state index contributed by atoms with van der Waals surface area (Å²) in [4.78, 5) is 25.1. The molecule has 0 aromatic heterocycles. The molecule has 0 saturated heterocycles. The maximum Gasteiger partial charge on any atom is 0.282 e. The Kier molecular flexibility index (Phi) is 8.62. The first-order valence-electron chi connectivity index (χ1n) is 8.24. The number of unbranched alkanes of at least 4 members (excludes halogenated alkanes) is 4. The number of amides is 1. The van der Waals surface area contributed by atoms with Crippen molar-refractivity contribution < 1.29 is 9.72 Å². The van der Waals surface area contributed by atoms with Gasteiger partial charge in [0.2, 0.25) is 0 Å². The van der Waals surface area contributed by atoms with Crippen LogP contribution in [0.2, 0.25) is 5.02 Å². The van der Waals surface area contributed by atoms with Gasteiger partial charge in [0.05, 0.1) is 4.92 Å². The Hall–Kier alpha value is -1.62. The summed E-state index contributed by atoms with van der Waals surface area (Å²) in [6.45, 7) is 5.45. The van der Waals surface area contributed by atoms with E-state index in [4.69, 9.17) is 11.6 Å². The molecular weight excluding hydrogens is 316 g/mol. The largest absolute Gasteiger partial charge is 0.338 e. The monoisotopic (exact) mass is 340 g/mol. The first kappa shape index (κ1) is 19.4. The van der Waals surface area contributed by atoms with E-state index in [0.29, 0.717) is 18.1 Å². The first-order valence-corrected chi connectivity index (χ1v) is 8.62. The summed E-state index contributed by atoms with van der Waals surface area (Å²) in [6.07, 6.45) is 6.01. The summed E-state index contributed by atoms with van der Waals surface area (Å²) >= 11 is 5.93. The Labute approximate surface area is 142 Å². The van der Waals surface area contributed by atoms with E-state index in [0.717, 1.165) is 38.5 Å². The molecule has 1 aromatic rings. The molecule has 0 aliphatic heterocycles. The van der Waals surface area contributed by atoms with Crippen LogP contribution in [0.3, 0.4) is 0 Å². The highest BCUT2D eigenvalue weighted by Crippen LogP contribution is 2.24. The first-order chi connectivity index (χ1) is 11.0. The molecule has 0 aliphatic carbocycles. The van der Waals surface area contributed by atoms with Crippen LogP contribution in [0.1, 0.15) is 62.7 Å². The van der Waals surface area contributed by atoms with Crippen molar-refractivity contribution >= 4 is 23.2 Å². The van der Waals surface area contributed by atoms with Crippen LogP contribution in [0.15, 0.2) is 18.2 Å². The third-order valence-corrected chi connectivity index (χ3v) is 3.97. The molecule has 0 spiro atoms. The van der Waals surface area contributed by atoms with Gasteiger partial charge in [-0.3, -0.25) is 14.9 Å². The minimum Gasteiger partial charge on any atom is -0.338 e. The van der Waals surface area contributed by atoms with Gasteiger partial charge in [0.15, 0.2) is 0 Å². The van der Waals surface area contributed by atoms with Crippen molar-refractivity contribution in [1.82, 2.24) is 4.90 Å². The number of rotatable bonds is 10. The highest BCUT2D eigenvalue weighted by atomic mass is 35.5. The fraction of sp³-hybridized carbons (Fsp3) is 0.588. The maximum absolute atomic E-state index is 12.8. The molecule has 128 valence electrons. The number of halogens is 1. The third-order valence-electron chi connectivity index (χ3n) is 3.74. The number of benzene rings is 1. The quantitative estimate of drug-likeness (QED) is 0.339.